The van der Waals surface area contributed by atoms with Crippen LogP contribution in [0.3, 0.4) is 0 Å². The fourth-order valence-electron chi connectivity index (χ4n) is 1.63. The molecule has 2 aromatic heterocycles. The van der Waals surface area contributed by atoms with Crippen LogP contribution in [0.5, 0.6) is 0 Å². The second kappa shape index (κ2) is 4.60. The van der Waals surface area contributed by atoms with Crippen molar-refractivity contribution in [2.45, 2.75) is 13.3 Å². The number of aryl methyl sites for hydroxylation is 1. The normalized spacial score (nSPS) is 10.8. The Morgan fingerprint density at radius 1 is 1.11 bits per heavy atom. The first-order valence-corrected chi connectivity index (χ1v) is 5.58. The first-order chi connectivity index (χ1) is 9.20. The number of aromatic nitrogens is 4. The molecular formula is C12H9FN4O2. The fourth-order valence-corrected chi connectivity index (χ4v) is 1.63. The van der Waals surface area contributed by atoms with E-state index < -0.39 is 0 Å². The smallest absolute Gasteiger partial charge is 0.316 e. The lowest BCUT2D eigenvalue weighted by Crippen LogP contribution is -1.91. The summed E-state index contributed by atoms with van der Waals surface area (Å²) >= 11 is 0. The predicted molar refractivity (Wildman–Crippen MR) is 61.5 cm³/mol. The van der Waals surface area contributed by atoms with E-state index in [1.54, 1.807) is 19.1 Å². The van der Waals surface area contributed by atoms with Gasteiger partial charge >= 0.3 is 11.8 Å². The third-order valence-electron chi connectivity index (χ3n) is 2.43. The largest absolute Gasteiger partial charge is 0.329 e. The van der Waals surface area contributed by atoms with E-state index in [1.807, 2.05) is 0 Å². The van der Waals surface area contributed by atoms with E-state index in [0.717, 1.165) is 5.56 Å². The summed E-state index contributed by atoms with van der Waals surface area (Å²) in [5.74, 6) is 0.951. The minimum absolute atomic E-state index is 0.159. The third kappa shape index (κ3) is 2.49. The van der Waals surface area contributed by atoms with Crippen LogP contribution in [0, 0.1) is 12.7 Å². The van der Waals surface area contributed by atoms with Crippen LogP contribution < -0.4 is 0 Å². The lowest BCUT2D eigenvalue weighted by atomic mass is 10.1. The zero-order valence-electron chi connectivity index (χ0n) is 10.00. The number of benzene rings is 1. The SMILES string of the molecule is Cc1noc(-c2nc(Cc3cccc(F)c3)no2)n1. The third-order valence-corrected chi connectivity index (χ3v) is 2.43. The maximum Gasteiger partial charge on any atom is 0.316 e. The Bertz CT molecular complexity index is 707. The molecule has 0 unspecified atom stereocenters. The molecule has 0 N–H and O–H groups in total. The standard InChI is InChI=1S/C12H9FN4O2/c1-7-14-11(18-16-7)12-15-10(17-19-12)6-8-3-2-4-9(13)5-8/h2-5H,6H2,1H3. The van der Waals surface area contributed by atoms with Crippen LogP contribution in [-0.4, -0.2) is 20.3 Å². The van der Waals surface area contributed by atoms with Gasteiger partial charge in [0, 0.05) is 6.42 Å². The van der Waals surface area contributed by atoms with Crippen LogP contribution in [0.25, 0.3) is 11.8 Å². The molecule has 1 aromatic carbocycles. The van der Waals surface area contributed by atoms with Gasteiger partial charge in [0.2, 0.25) is 0 Å². The molecule has 0 saturated carbocycles. The van der Waals surface area contributed by atoms with Crippen LogP contribution in [0.2, 0.25) is 0 Å². The van der Waals surface area contributed by atoms with Gasteiger partial charge in [-0.2, -0.15) is 9.97 Å². The second-order valence-corrected chi connectivity index (χ2v) is 3.97. The van der Waals surface area contributed by atoms with Gasteiger partial charge in [0.1, 0.15) is 5.82 Å². The molecule has 7 heteroatoms. The Morgan fingerprint density at radius 3 is 2.63 bits per heavy atom. The molecule has 2 heterocycles. The van der Waals surface area contributed by atoms with Gasteiger partial charge in [-0.1, -0.05) is 22.4 Å². The quantitative estimate of drug-likeness (QED) is 0.718. The van der Waals surface area contributed by atoms with Crippen molar-refractivity contribution in [3.63, 3.8) is 0 Å². The summed E-state index contributed by atoms with van der Waals surface area (Å²) in [6.45, 7) is 1.69. The minimum Gasteiger partial charge on any atom is -0.329 e. The highest BCUT2D eigenvalue weighted by molar-refractivity contribution is 5.35. The first-order valence-electron chi connectivity index (χ1n) is 5.58. The van der Waals surface area contributed by atoms with Gasteiger partial charge in [0.15, 0.2) is 11.6 Å². The Kier molecular flexibility index (Phi) is 2.79. The molecule has 0 aliphatic carbocycles. The van der Waals surface area contributed by atoms with Gasteiger partial charge in [0.25, 0.3) is 0 Å². The molecule has 0 aliphatic rings. The number of hydrogen-bond acceptors (Lipinski definition) is 6. The summed E-state index contributed by atoms with van der Waals surface area (Å²) in [7, 11) is 0. The molecule has 96 valence electrons. The number of nitrogens with zero attached hydrogens (tertiary/aromatic N) is 4. The highest BCUT2D eigenvalue weighted by Crippen LogP contribution is 2.16. The molecule has 0 amide bonds. The monoisotopic (exact) mass is 260 g/mol. The highest BCUT2D eigenvalue weighted by atomic mass is 19.1. The van der Waals surface area contributed by atoms with Gasteiger partial charge < -0.3 is 9.05 Å². The Morgan fingerprint density at radius 2 is 1.89 bits per heavy atom. The van der Waals surface area contributed by atoms with Crippen molar-refractivity contribution in [2.75, 3.05) is 0 Å². The van der Waals surface area contributed by atoms with Crippen molar-refractivity contribution in [2.24, 2.45) is 0 Å². The molecule has 0 bridgehead atoms. The molecule has 6 nitrogen and oxygen atoms in total. The minimum atomic E-state index is -0.297. The summed E-state index contributed by atoms with van der Waals surface area (Å²) in [6.07, 6.45) is 0.369. The summed E-state index contributed by atoms with van der Waals surface area (Å²) in [6, 6.07) is 6.22. The first kappa shape index (κ1) is 11.5. The molecule has 0 aliphatic heterocycles. The zero-order valence-corrected chi connectivity index (χ0v) is 10.00. The predicted octanol–water partition coefficient (Wildman–Crippen LogP) is 2.16. The fraction of sp³-hybridized carbons (Fsp3) is 0.167. The van der Waals surface area contributed by atoms with Crippen molar-refractivity contribution < 1.29 is 13.4 Å². The van der Waals surface area contributed by atoms with Gasteiger partial charge in [-0.15, -0.1) is 0 Å². The Labute approximate surface area is 107 Å². The molecule has 0 fully saturated rings. The van der Waals surface area contributed by atoms with Crippen molar-refractivity contribution in [3.8, 4) is 11.8 Å². The number of rotatable bonds is 3. The van der Waals surface area contributed by atoms with Crippen LogP contribution in [-0.2, 0) is 6.42 Å². The second-order valence-electron chi connectivity index (χ2n) is 3.97. The summed E-state index contributed by atoms with van der Waals surface area (Å²) in [4.78, 5) is 8.10. The van der Waals surface area contributed by atoms with Crippen LogP contribution in [0.4, 0.5) is 4.39 Å². The van der Waals surface area contributed by atoms with E-state index >= 15 is 0 Å². The van der Waals surface area contributed by atoms with Crippen molar-refractivity contribution >= 4 is 0 Å². The molecule has 3 rings (SSSR count). The summed E-state index contributed by atoms with van der Waals surface area (Å²) in [5.41, 5.74) is 0.758. The molecule has 0 spiro atoms. The lowest BCUT2D eigenvalue weighted by molar-refractivity contribution is 0.378. The molecule has 0 atom stereocenters. The number of hydrogen-bond donors (Lipinski definition) is 0. The van der Waals surface area contributed by atoms with Gasteiger partial charge in [-0.05, 0) is 24.6 Å². The molecule has 19 heavy (non-hydrogen) atoms. The molecule has 0 saturated heterocycles. The summed E-state index contributed by atoms with van der Waals surface area (Å²) in [5, 5.41) is 7.42. The van der Waals surface area contributed by atoms with E-state index in [-0.39, 0.29) is 17.6 Å². The van der Waals surface area contributed by atoms with E-state index in [4.69, 9.17) is 9.05 Å². The van der Waals surface area contributed by atoms with E-state index in [2.05, 4.69) is 20.3 Å². The highest BCUT2D eigenvalue weighted by Gasteiger charge is 2.15. The van der Waals surface area contributed by atoms with E-state index in [9.17, 15) is 4.39 Å². The van der Waals surface area contributed by atoms with Gasteiger partial charge in [0.05, 0.1) is 0 Å². The molecule has 0 radical (unpaired) electrons. The van der Waals surface area contributed by atoms with E-state index in [0.29, 0.717) is 18.1 Å². The maximum atomic E-state index is 13.0. The maximum absolute atomic E-state index is 13.0. The average molecular weight is 260 g/mol. The van der Waals surface area contributed by atoms with Crippen LogP contribution >= 0.6 is 0 Å². The van der Waals surface area contributed by atoms with E-state index in [1.165, 1.54) is 12.1 Å². The Hall–Kier alpha value is -2.57. The van der Waals surface area contributed by atoms with Crippen LogP contribution in [0.15, 0.2) is 33.3 Å². The summed E-state index contributed by atoms with van der Waals surface area (Å²) < 4.78 is 23.0. The van der Waals surface area contributed by atoms with Crippen molar-refractivity contribution in [3.05, 3.63) is 47.3 Å². The van der Waals surface area contributed by atoms with Gasteiger partial charge in [-0.25, -0.2) is 4.39 Å². The van der Waals surface area contributed by atoms with Gasteiger partial charge in [-0.3, -0.25) is 0 Å². The lowest BCUT2D eigenvalue weighted by Gasteiger charge is -1.95. The van der Waals surface area contributed by atoms with Crippen molar-refractivity contribution in [1.29, 1.82) is 0 Å². The van der Waals surface area contributed by atoms with Crippen LogP contribution in [0.1, 0.15) is 17.2 Å². The van der Waals surface area contributed by atoms with Crippen molar-refractivity contribution in [1.82, 2.24) is 20.3 Å². The average Bonchev–Trinajstić information content (AvgIpc) is 2.98. The topological polar surface area (TPSA) is 77.8 Å². The molecule has 3 aromatic rings. The zero-order chi connectivity index (χ0) is 13.2. The molecular weight excluding hydrogens is 251 g/mol. The number of halogens is 1. The Balaban J connectivity index is 1.82.